The SMILES string of the molecule is Fc1nccc(I)c1C1CCNC1. The Hall–Kier alpha value is -0.230. The minimum absolute atomic E-state index is 0.305. The molecule has 2 heterocycles. The molecule has 2 rings (SSSR count). The van der Waals surface area contributed by atoms with Crippen molar-refractivity contribution in [3.8, 4) is 0 Å². The zero-order chi connectivity index (χ0) is 9.26. The van der Waals surface area contributed by atoms with Crippen molar-refractivity contribution < 1.29 is 4.39 Å². The largest absolute Gasteiger partial charge is 0.316 e. The molecule has 0 spiro atoms. The fraction of sp³-hybridized carbons (Fsp3) is 0.444. The van der Waals surface area contributed by atoms with E-state index in [1.165, 1.54) is 6.20 Å². The number of halogens is 2. The highest BCUT2D eigenvalue weighted by Crippen LogP contribution is 2.27. The average molecular weight is 292 g/mol. The number of nitrogens with zero attached hydrogens (tertiary/aromatic N) is 1. The fourth-order valence-electron chi connectivity index (χ4n) is 1.69. The molecule has 1 fully saturated rings. The number of rotatable bonds is 1. The van der Waals surface area contributed by atoms with Crippen molar-refractivity contribution in [1.29, 1.82) is 0 Å². The monoisotopic (exact) mass is 292 g/mol. The van der Waals surface area contributed by atoms with E-state index in [9.17, 15) is 4.39 Å². The summed E-state index contributed by atoms with van der Waals surface area (Å²) in [6, 6.07) is 1.86. The first kappa shape index (κ1) is 9.33. The summed E-state index contributed by atoms with van der Waals surface area (Å²) in [5.41, 5.74) is 0.785. The van der Waals surface area contributed by atoms with E-state index in [2.05, 4.69) is 32.9 Å². The van der Waals surface area contributed by atoms with Gasteiger partial charge in [-0.15, -0.1) is 0 Å². The van der Waals surface area contributed by atoms with Gasteiger partial charge in [-0.3, -0.25) is 0 Å². The van der Waals surface area contributed by atoms with Crippen LogP contribution in [-0.2, 0) is 0 Å². The second kappa shape index (κ2) is 3.88. The summed E-state index contributed by atoms with van der Waals surface area (Å²) in [5.74, 6) is 0.00111. The molecule has 4 heteroatoms. The molecule has 0 aromatic carbocycles. The van der Waals surface area contributed by atoms with Gasteiger partial charge in [0.2, 0.25) is 5.95 Å². The first-order valence-electron chi connectivity index (χ1n) is 4.29. The molecule has 0 radical (unpaired) electrons. The third-order valence-electron chi connectivity index (χ3n) is 2.36. The number of hydrogen-bond donors (Lipinski definition) is 1. The molecule has 13 heavy (non-hydrogen) atoms. The summed E-state index contributed by atoms with van der Waals surface area (Å²) >= 11 is 2.17. The molecule has 1 aromatic heterocycles. The van der Waals surface area contributed by atoms with Gasteiger partial charge in [-0.2, -0.15) is 4.39 Å². The number of hydrogen-bond acceptors (Lipinski definition) is 2. The molecular formula is C9H10FIN2. The maximum absolute atomic E-state index is 13.4. The Balaban J connectivity index is 2.37. The van der Waals surface area contributed by atoms with Crippen LogP contribution in [0.2, 0.25) is 0 Å². The van der Waals surface area contributed by atoms with E-state index in [4.69, 9.17) is 0 Å². The highest BCUT2D eigenvalue weighted by Gasteiger charge is 2.22. The molecule has 1 N–H and O–H groups in total. The molecule has 0 saturated carbocycles. The Morgan fingerprint density at radius 3 is 3.08 bits per heavy atom. The predicted molar refractivity (Wildman–Crippen MR) is 57.1 cm³/mol. The quantitative estimate of drug-likeness (QED) is 0.632. The lowest BCUT2D eigenvalue weighted by Crippen LogP contribution is -2.10. The van der Waals surface area contributed by atoms with E-state index in [1.54, 1.807) is 0 Å². The predicted octanol–water partition coefficient (Wildman–Crippen LogP) is 1.90. The van der Waals surface area contributed by atoms with Gasteiger partial charge in [0.15, 0.2) is 0 Å². The van der Waals surface area contributed by atoms with Gasteiger partial charge in [0.25, 0.3) is 0 Å². The van der Waals surface area contributed by atoms with Crippen LogP contribution in [0.15, 0.2) is 12.3 Å². The lowest BCUT2D eigenvalue weighted by Gasteiger charge is -2.10. The van der Waals surface area contributed by atoms with Crippen molar-refractivity contribution >= 4 is 22.6 Å². The van der Waals surface area contributed by atoms with Gasteiger partial charge in [-0.1, -0.05) is 0 Å². The third-order valence-corrected chi connectivity index (χ3v) is 3.30. The number of nitrogens with one attached hydrogen (secondary N) is 1. The molecule has 1 saturated heterocycles. The van der Waals surface area contributed by atoms with E-state index in [1.807, 2.05) is 6.07 Å². The Morgan fingerprint density at radius 2 is 2.46 bits per heavy atom. The Labute approximate surface area is 90.1 Å². The van der Waals surface area contributed by atoms with Crippen LogP contribution in [0.3, 0.4) is 0 Å². The topological polar surface area (TPSA) is 24.9 Å². The zero-order valence-corrected chi connectivity index (χ0v) is 9.21. The lowest BCUT2D eigenvalue weighted by molar-refractivity contribution is 0.547. The Morgan fingerprint density at radius 1 is 1.62 bits per heavy atom. The second-order valence-electron chi connectivity index (χ2n) is 3.19. The van der Waals surface area contributed by atoms with Crippen molar-refractivity contribution in [2.45, 2.75) is 12.3 Å². The number of aromatic nitrogens is 1. The van der Waals surface area contributed by atoms with Crippen LogP contribution in [0.25, 0.3) is 0 Å². The Bertz CT molecular complexity index is 290. The van der Waals surface area contributed by atoms with Crippen LogP contribution in [0.1, 0.15) is 17.9 Å². The first-order valence-corrected chi connectivity index (χ1v) is 5.37. The van der Waals surface area contributed by atoms with Gasteiger partial charge < -0.3 is 5.32 Å². The molecule has 1 aliphatic heterocycles. The van der Waals surface area contributed by atoms with Crippen molar-refractivity contribution in [1.82, 2.24) is 10.3 Å². The number of pyridine rings is 1. The summed E-state index contributed by atoms with van der Waals surface area (Å²) in [7, 11) is 0. The van der Waals surface area contributed by atoms with Crippen LogP contribution in [0.4, 0.5) is 4.39 Å². The van der Waals surface area contributed by atoms with Crippen LogP contribution < -0.4 is 5.32 Å². The molecule has 1 atom stereocenters. The van der Waals surface area contributed by atoms with Crippen LogP contribution in [0, 0.1) is 9.52 Å². The lowest BCUT2D eigenvalue weighted by atomic mass is 10.0. The molecule has 70 valence electrons. The molecule has 1 unspecified atom stereocenters. The van der Waals surface area contributed by atoms with E-state index in [0.29, 0.717) is 5.92 Å². The molecule has 0 aliphatic carbocycles. The van der Waals surface area contributed by atoms with Crippen LogP contribution in [0.5, 0.6) is 0 Å². The van der Waals surface area contributed by atoms with Crippen LogP contribution >= 0.6 is 22.6 Å². The molecule has 0 amide bonds. The van der Waals surface area contributed by atoms with Crippen molar-refractivity contribution in [2.75, 3.05) is 13.1 Å². The second-order valence-corrected chi connectivity index (χ2v) is 4.35. The average Bonchev–Trinajstić information content (AvgIpc) is 2.57. The van der Waals surface area contributed by atoms with Gasteiger partial charge in [-0.25, -0.2) is 4.98 Å². The maximum atomic E-state index is 13.4. The zero-order valence-electron chi connectivity index (χ0n) is 7.06. The molecule has 1 aliphatic rings. The van der Waals surface area contributed by atoms with Gasteiger partial charge in [-0.05, 0) is 41.6 Å². The summed E-state index contributed by atoms with van der Waals surface area (Å²) in [5, 5.41) is 3.23. The van der Waals surface area contributed by atoms with E-state index in [-0.39, 0.29) is 5.95 Å². The molecule has 0 bridgehead atoms. The first-order chi connectivity index (χ1) is 6.29. The molecule has 1 aromatic rings. The summed E-state index contributed by atoms with van der Waals surface area (Å²) in [6.45, 7) is 1.85. The van der Waals surface area contributed by atoms with Crippen LogP contribution in [-0.4, -0.2) is 18.1 Å². The summed E-state index contributed by atoms with van der Waals surface area (Å²) in [6.07, 6.45) is 2.53. The summed E-state index contributed by atoms with van der Waals surface area (Å²) in [4.78, 5) is 3.69. The highest BCUT2D eigenvalue weighted by atomic mass is 127. The molecule has 2 nitrogen and oxygen atoms in total. The maximum Gasteiger partial charge on any atom is 0.217 e. The highest BCUT2D eigenvalue weighted by molar-refractivity contribution is 14.1. The van der Waals surface area contributed by atoms with Crippen molar-refractivity contribution in [3.63, 3.8) is 0 Å². The van der Waals surface area contributed by atoms with Gasteiger partial charge in [0.1, 0.15) is 0 Å². The minimum atomic E-state index is -0.305. The standard InChI is InChI=1S/C9H10FIN2/c10-9-8(6-1-3-12-5-6)7(11)2-4-13-9/h2,4,6,12H,1,3,5H2. The fourth-order valence-corrected chi connectivity index (χ4v) is 2.51. The van der Waals surface area contributed by atoms with Crippen molar-refractivity contribution in [3.05, 3.63) is 27.3 Å². The van der Waals surface area contributed by atoms with E-state index < -0.39 is 0 Å². The van der Waals surface area contributed by atoms with E-state index in [0.717, 1.165) is 28.6 Å². The van der Waals surface area contributed by atoms with Gasteiger partial charge in [0.05, 0.1) is 0 Å². The van der Waals surface area contributed by atoms with Gasteiger partial charge in [0, 0.05) is 27.8 Å². The van der Waals surface area contributed by atoms with E-state index >= 15 is 0 Å². The third kappa shape index (κ3) is 1.83. The van der Waals surface area contributed by atoms with Crippen molar-refractivity contribution in [2.24, 2.45) is 0 Å². The normalized spacial score (nSPS) is 22.2. The Kier molecular flexibility index (Phi) is 2.78. The smallest absolute Gasteiger partial charge is 0.217 e. The van der Waals surface area contributed by atoms with Gasteiger partial charge >= 0.3 is 0 Å². The summed E-state index contributed by atoms with van der Waals surface area (Å²) < 4.78 is 14.3. The molecular weight excluding hydrogens is 282 g/mol. The minimum Gasteiger partial charge on any atom is -0.316 e.